The SMILES string of the molecule is COC(=O)CC1CCCN1S(=O)(=O)c1ccccc1[N+](=O)[O-]. The first kappa shape index (κ1) is 16.4. The van der Waals surface area contributed by atoms with E-state index in [0.717, 1.165) is 10.4 Å². The molecule has 120 valence electrons. The molecule has 1 heterocycles. The van der Waals surface area contributed by atoms with Crippen molar-refractivity contribution in [1.82, 2.24) is 4.31 Å². The molecule has 1 fully saturated rings. The topological polar surface area (TPSA) is 107 Å². The van der Waals surface area contributed by atoms with Gasteiger partial charge in [-0.15, -0.1) is 0 Å². The summed E-state index contributed by atoms with van der Waals surface area (Å²) in [5.74, 6) is -0.505. The van der Waals surface area contributed by atoms with Crippen LogP contribution in [0.5, 0.6) is 0 Å². The van der Waals surface area contributed by atoms with Crippen molar-refractivity contribution in [3.05, 3.63) is 34.4 Å². The number of nitrogens with zero attached hydrogens (tertiary/aromatic N) is 2. The van der Waals surface area contributed by atoms with Crippen LogP contribution in [0, 0.1) is 10.1 Å². The highest BCUT2D eigenvalue weighted by Gasteiger charge is 2.39. The van der Waals surface area contributed by atoms with Gasteiger partial charge in [-0.3, -0.25) is 14.9 Å². The Morgan fingerprint density at radius 3 is 2.77 bits per heavy atom. The molecule has 1 aromatic carbocycles. The molecule has 9 heteroatoms. The summed E-state index contributed by atoms with van der Waals surface area (Å²) in [5, 5.41) is 11.0. The van der Waals surface area contributed by atoms with Gasteiger partial charge in [0.25, 0.3) is 5.69 Å². The largest absolute Gasteiger partial charge is 0.469 e. The first-order chi connectivity index (χ1) is 10.4. The smallest absolute Gasteiger partial charge is 0.307 e. The number of esters is 1. The lowest BCUT2D eigenvalue weighted by Crippen LogP contribution is -2.37. The maximum atomic E-state index is 12.7. The Balaban J connectivity index is 2.38. The molecular formula is C13H16N2O6S. The van der Waals surface area contributed by atoms with Crippen molar-refractivity contribution < 1.29 is 22.9 Å². The number of sulfonamides is 1. The van der Waals surface area contributed by atoms with Gasteiger partial charge in [-0.1, -0.05) is 12.1 Å². The summed E-state index contributed by atoms with van der Waals surface area (Å²) < 4.78 is 31.1. The normalized spacial score (nSPS) is 19.0. The molecule has 1 saturated heterocycles. The highest BCUT2D eigenvalue weighted by Crippen LogP contribution is 2.32. The molecular weight excluding hydrogens is 312 g/mol. The number of benzene rings is 1. The average Bonchev–Trinajstić information content (AvgIpc) is 2.95. The van der Waals surface area contributed by atoms with E-state index in [9.17, 15) is 23.3 Å². The number of nitro benzene ring substituents is 1. The molecule has 0 amide bonds. The van der Waals surface area contributed by atoms with Crippen LogP contribution in [0.2, 0.25) is 0 Å². The summed E-state index contributed by atoms with van der Waals surface area (Å²) in [4.78, 5) is 21.4. The fourth-order valence-electron chi connectivity index (χ4n) is 2.56. The number of rotatable bonds is 5. The predicted molar refractivity (Wildman–Crippen MR) is 76.6 cm³/mol. The number of hydrogen-bond donors (Lipinski definition) is 0. The Bertz CT molecular complexity index is 688. The quantitative estimate of drug-likeness (QED) is 0.458. The number of ether oxygens (including phenoxy) is 1. The maximum absolute atomic E-state index is 12.7. The van der Waals surface area contributed by atoms with E-state index in [1.54, 1.807) is 0 Å². The molecule has 8 nitrogen and oxygen atoms in total. The van der Waals surface area contributed by atoms with Crippen LogP contribution in [0.3, 0.4) is 0 Å². The number of carbonyl (C=O) groups is 1. The summed E-state index contributed by atoms with van der Waals surface area (Å²) >= 11 is 0. The van der Waals surface area contributed by atoms with Crippen molar-refractivity contribution in [3.63, 3.8) is 0 Å². The molecule has 0 spiro atoms. The van der Waals surface area contributed by atoms with Gasteiger partial charge in [-0.2, -0.15) is 4.31 Å². The lowest BCUT2D eigenvalue weighted by atomic mass is 10.2. The molecule has 0 radical (unpaired) electrons. The monoisotopic (exact) mass is 328 g/mol. The van der Waals surface area contributed by atoms with Gasteiger partial charge in [0.05, 0.1) is 18.5 Å². The van der Waals surface area contributed by atoms with E-state index in [1.807, 2.05) is 0 Å². The summed E-state index contributed by atoms with van der Waals surface area (Å²) in [6.07, 6.45) is 1.06. The van der Waals surface area contributed by atoms with E-state index in [4.69, 9.17) is 0 Å². The van der Waals surface area contributed by atoms with Crippen LogP contribution >= 0.6 is 0 Å². The summed E-state index contributed by atoms with van der Waals surface area (Å²) in [6, 6.07) is 4.68. The van der Waals surface area contributed by atoms with E-state index >= 15 is 0 Å². The van der Waals surface area contributed by atoms with E-state index in [2.05, 4.69) is 4.74 Å². The zero-order valence-corrected chi connectivity index (χ0v) is 12.8. The van der Waals surface area contributed by atoms with Crippen LogP contribution in [0.4, 0.5) is 5.69 Å². The Kier molecular flexibility index (Phi) is 4.77. The summed E-state index contributed by atoms with van der Waals surface area (Å²) in [6.45, 7) is 0.232. The second-order valence-corrected chi connectivity index (χ2v) is 6.78. The fraction of sp³-hybridized carbons (Fsp3) is 0.462. The predicted octanol–water partition coefficient (Wildman–Crippen LogP) is 1.31. The number of nitro groups is 1. The van der Waals surface area contributed by atoms with Crippen LogP contribution in [0.1, 0.15) is 19.3 Å². The number of hydrogen-bond acceptors (Lipinski definition) is 6. The molecule has 0 saturated carbocycles. The Morgan fingerprint density at radius 1 is 1.45 bits per heavy atom. The van der Waals surface area contributed by atoms with Crippen molar-refractivity contribution in [1.29, 1.82) is 0 Å². The first-order valence-corrected chi connectivity index (χ1v) is 8.14. The maximum Gasteiger partial charge on any atom is 0.307 e. The summed E-state index contributed by atoms with van der Waals surface area (Å²) in [7, 11) is -2.80. The van der Waals surface area contributed by atoms with Crippen molar-refractivity contribution >= 4 is 21.7 Å². The van der Waals surface area contributed by atoms with Crippen molar-refractivity contribution in [2.45, 2.75) is 30.2 Å². The zero-order valence-electron chi connectivity index (χ0n) is 12.0. The second-order valence-electron chi connectivity index (χ2n) is 4.92. The fourth-order valence-corrected chi connectivity index (χ4v) is 4.41. The molecule has 0 aliphatic carbocycles. The Hall–Kier alpha value is -2.00. The standard InChI is InChI=1S/C13H16N2O6S/c1-21-13(16)9-10-5-4-8-14(10)22(19,20)12-7-3-2-6-11(12)15(17)18/h2-3,6-7,10H,4-5,8-9H2,1H3. The van der Waals surface area contributed by atoms with E-state index in [1.165, 1.54) is 25.3 Å². The number of methoxy groups -OCH3 is 1. The van der Waals surface area contributed by atoms with Crippen molar-refractivity contribution in [2.24, 2.45) is 0 Å². The average molecular weight is 328 g/mol. The zero-order chi connectivity index (χ0) is 16.3. The number of carbonyl (C=O) groups excluding carboxylic acids is 1. The van der Waals surface area contributed by atoms with E-state index in [0.29, 0.717) is 12.8 Å². The molecule has 1 aromatic rings. The minimum Gasteiger partial charge on any atom is -0.469 e. The highest BCUT2D eigenvalue weighted by molar-refractivity contribution is 7.89. The Labute approximate surface area is 127 Å². The minimum absolute atomic E-state index is 0.0592. The molecule has 1 aliphatic heterocycles. The lowest BCUT2D eigenvalue weighted by molar-refractivity contribution is -0.387. The number of para-hydroxylation sites is 1. The third kappa shape index (κ3) is 3.09. The third-order valence-electron chi connectivity index (χ3n) is 3.60. The third-order valence-corrected chi connectivity index (χ3v) is 5.60. The van der Waals surface area contributed by atoms with Crippen LogP contribution in [-0.4, -0.2) is 43.3 Å². The van der Waals surface area contributed by atoms with Gasteiger partial charge in [-0.25, -0.2) is 8.42 Å². The van der Waals surface area contributed by atoms with Crippen LogP contribution in [0.25, 0.3) is 0 Å². The molecule has 1 atom stereocenters. The highest BCUT2D eigenvalue weighted by atomic mass is 32.2. The second kappa shape index (κ2) is 6.41. The van der Waals surface area contributed by atoms with E-state index < -0.39 is 32.6 Å². The van der Waals surface area contributed by atoms with Crippen LogP contribution in [-0.2, 0) is 19.6 Å². The van der Waals surface area contributed by atoms with E-state index in [-0.39, 0.29) is 17.9 Å². The van der Waals surface area contributed by atoms with Gasteiger partial charge in [0.15, 0.2) is 4.90 Å². The van der Waals surface area contributed by atoms with Gasteiger partial charge in [-0.05, 0) is 18.9 Å². The molecule has 2 rings (SSSR count). The van der Waals surface area contributed by atoms with Gasteiger partial charge in [0, 0.05) is 18.7 Å². The first-order valence-electron chi connectivity index (χ1n) is 6.70. The Morgan fingerprint density at radius 2 is 2.14 bits per heavy atom. The van der Waals surface area contributed by atoms with Crippen molar-refractivity contribution in [3.8, 4) is 0 Å². The molecule has 1 aliphatic rings. The van der Waals surface area contributed by atoms with Gasteiger partial charge >= 0.3 is 5.97 Å². The van der Waals surface area contributed by atoms with Gasteiger partial charge < -0.3 is 4.74 Å². The van der Waals surface area contributed by atoms with Crippen LogP contribution in [0.15, 0.2) is 29.2 Å². The molecule has 0 N–H and O–H groups in total. The van der Waals surface area contributed by atoms with Crippen molar-refractivity contribution in [2.75, 3.05) is 13.7 Å². The molecule has 0 aromatic heterocycles. The molecule has 1 unspecified atom stereocenters. The van der Waals surface area contributed by atoms with Gasteiger partial charge in [0.2, 0.25) is 10.0 Å². The van der Waals surface area contributed by atoms with Gasteiger partial charge in [0.1, 0.15) is 0 Å². The van der Waals surface area contributed by atoms with Crippen LogP contribution < -0.4 is 0 Å². The molecule has 22 heavy (non-hydrogen) atoms. The lowest BCUT2D eigenvalue weighted by Gasteiger charge is -2.23. The molecule has 0 bridgehead atoms. The minimum atomic E-state index is -4.03. The summed E-state index contributed by atoms with van der Waals surface area (Å²) in [5.41, 5.74) is -0.466.